The van der Waals surface area contributed by atoms with Crippen molar-refractivity contribution in [1.29, 1.82) is 0 Å². The molecule has 100 valence electrons. The molecule has 19 heavy (non-hydrogen) atoms. The van der Waals surface area contributed by atoms with Gasteiger partial charge < -0.3 is 16.4 Å². The number of rotatable bonds is 5. The molecule has 0 radical (unpaired) electrons. The van der Waals surface area contributed by atoms with Crippen molar-refractivity contribution >= 4 is 23.1 Å². The van der Waals surface area contributed by atoms with Gasteiger partial charge in [-0.3, -0.25) is 0 Å². The normalized spacial score (nSPS) is 12.1. The van der Waals surface area contributed by atoms with E-state index < -0.39 is 6.03 Å². The predicted octanol–water partition coefficient (Wildman–Crippen LogP) is 3.09. The number of primary amides is 1. The highest BCUT2D eigenvalue weighted by atomic mass is 32.1. The third-order valence-electron chi connectivity index (χ3n) is 2.84. The molecule has 1 aromatic carbocycles. The largest absolute Gasteiger partial charge is 0.351 e. The predicted molar refractivity (Wildman–Crippen MR) is 79.2 cm³/mol. The molecule has 1 heterocycles. The number of nitrogens with two attached hydrogens (primary N) is 1. The molecule has 0 fully saturated rings. The minimum Gasteiger partial charge on any atom is -0.351 e. The van der Waals surface area contributed by atoms with Crippen LogP contribution in [0, 0.1) is 0 Å². The van der Waals surface area contributed by atoms with Crippen LogP contribution in [-0.2, 0) is 6.54 Å². The van der Waals surface area contributed by atoms with E-state index in [1.165, 1.54) is 10.4 Å². The molecule has 0 aliphatic rings. The van der Waals surface area contributed by atoms with Crippen LogP contribution in [0.4, 0.5) is 10.5 Å². The maximum Gasteiger partial charge on any atom is 0.316 e. The quantitative estimate of drug-likeness (QED) is 0.785. The van der Waals surface area contributed by atoms with E-state index in [-0.39, 0.29) is 6.04 Å². The number of hydrogen-bond acceptors (Lipinski definition) is 3. The van der Waals surface area contributed by atoms with Gasteiger partial charge >= 0.3 is 6.03 Å². The van der Waals surface area contributed by atoms with E-state index >= 15 is 0 Å². The minimum absolute atomic E-state index is 0.254. The lowest BCUT2D eigenvalue weighted by molar-refractivity contribution is 0.259. The van der Waals surface area contributed by atoms with Crippen molar-refractivity contribution in [2.75, 3.05) is 5.32 Å². The highest BCUT2D eigenvalue weighted by Crippen LogP contribution is 2.17. The van der Waals surface area contributed by atoms with Crippen molar-refractivity contribution in [2.24, 2.45) is 5.73 Å². The first-order chi connectivity index (χ1) is 9.15. The second-order valence-electron chi connectivity index (χ2n) is 4.29. The summed E-state index contributed by atoms with van der Waals surface area (Å²) in [7, 11) is 0. The second kappa shape index (κ2) is 6.36. The molecule has 0 spiro atoms. The molecular formula is C14H17N3OS. The molecule has 0 saturated carbocycles. The van der Waals surface area contributed by atoms with E-state index in [0.717, 1.165) is 6.54 Å². The van der Waals surface area contributed by atoms with Gasteiger partial charge in [0.05, 0.1) is 0 Å². The smallest absolute Gasteiger partial charge is 0.316 e. The molecule has 2 aromatic rings. The zero-order valence-electron chi connectivity index (χ0n) is 10.7. The number of urea groups is 1. The number of carbonyl (C=O) groups is 1. The van der Waals surface area contributed by atoms with E-state index in [1.807, 2.05) is 24.3 Å². The summed E-state index contributed by atoms with van der Waals surface area (Å²) in [5.74, 6) is 0. The molecule has 2 amide bonds. The molecule has 0 aliphatic heterocycles. The van der Waals surface area contributed by atoms with E-state index in [9.17, 15) is 4.79 Å². The van der Waals surface area contributed by atoms with Crippen molar-refractivity contribution in [3.05, 3.63) is 52.2 Å². The van der Waals surface area contributed by atoms with Crippen molar-refractivity contribution < 1.29 is 4.79 Å². The molecule has 0 bridgehead atoms. The number of amides is 2. The summed E-state index contributed by atoms with van der Waals surface area (Å²) in [6.07, 6.45) is 0. The molecule has 1 aromatic heterocycles. The number of carbonyl (C=O) groups excluding carboxylic acids is 1. The van der Waals surface area contributed by atoms with Gasteiger partial charge in [0.1, 0.15) is 0 Å². The summed E-state index contributed by atoms with van der Waals surface area (Å²) in [6, 6.07) is 11.5. The van der Waals surface area contributed by atoms with Crippen LogP contribution < -0.4 is 16.4 Å². The summed E-state index contributed by atoms with van der Waals surface area (Å²) in [5, 5.41) is 8.08. The SMILES string of the molecule is CC(NCc1cccs1)c1ccc(NC(N)=O)cc1. The van der Waals surface area contributed by atoms with Crippen LogP contribution in [0.3, 0.4) is 0 Å². The molecular weight excluding hydrogens is 258 g/mol. The van der Waals surface area contributed by atoms with E-state index in [4.69, 9.17) is 5.73 Å². The average molecular weight is 275 g/mol. The first-order valence-corrected chi connectivity index (χ1v) is 6.95. The van der Waals surface area contributed by atoms with Crippen LogP contribution in [-0.4, -0.2) is 6.03 Å². The fourth-order valence-corrected chi connectivity index (χ4v) is 2.44. The molecule has 5 heteroatoms. The number of benzene rings is 1. The van der Waals surface area contributed by atoms with Crippen LogP contribution in [0.5, 0.6) is 0 Å². The highest BCUT2D eigenvalue weighted by Gasteiger charge is 2.05. The molecule has 1 atom stereocenters. The fourth-order valence-electron chi connectivity index (χ4n) is 1.78. The van der Waals surface area contributed by atoms with Crippen molar-refractivity contribution in [3.8, 4) is 0 Å². The zero-order valence-corrected chi connectivity index (χ0v) is 11.5. The Hall–Kier alpha value is -1.85. The number of hydrogen-bond donors (Lipinski definition) is 3. The van der Waals surface area contributed by atoms with Crippen LogP contribution in [0.25, 0.3) is 0 Å². The topological polar surface area (TPSA) is 67.2 Å². The Morgan fingerprint density at radius 1 is 1.32 bits per heavy atom. The third kappa shape index (κ3) is 4.08. The molecule has 0 saturated heterocycles. The van der Waals surface area contributed by atoms with Crippen LogP contribution in [0.2, 0.25) is 0 Å². The van der Waals surface area contributed by atoms with Gasteiger partial charge in [-0.1, -0.05) is 18.2 Å². The molecule has 1 unspecified atom stereocenters. The van der Waals surface area contributed by atoms with E-state index in [2.05, 4.69) is 35.1 Å². The Morgan fingerprint density at radius 3 is 2.63 bits per heavy atom. The Bertz CT molecular complexity index is 522. The first kappa shape index (κ1) is 13.6. The first-order valence-electron chi connectivity index (χ1n) is 6.07. The van der Waals surface area contributed by atoms with E-state index in [1.54, 1.807) is 11.3 Å². The van der Waals surface area contributed by atoms with Crippen LogP contribution in [0.1, 0.15) is 23.4 Å². The highest BCUT2D eigenvalue weighted by molar-refractivity contribution is 7.09. The van der Waals surface area contributed by atoms with Gasteiger partial charge in [-0.2, -0.15) is 0 Å². The summed E-state index contributed by atoms with van der Waals surface area (Å²) >= 11 is 1.75. The van der Waals surface area contributed by atoms with Crippen LogP contribution in [0.15, 0.2) is 41.8 Å². The molecule has 2 rings (SSSR count). The maximum absolute atomic E-state index is 10.7. The van der Waals surface area contributed by atoms with Gasteiger partial charge in [0.2, 0.25) is 0 Å². The molecule has 4 nitrogen and oxygen atoms in total. The maximum atomic E-state index is 10.7. The number of thiophene rings is 1. The summed E-state index contributed by atoms with van der Waals surface area (Å²) < 4.78 is 0. The standard InChI is InChI=1S/C14H17N3OS/c1-10(16-9-13-3-2-8-19-13)11-4-6-12(7-5-11)17-14(15)18/h2-8,10,16H,9H2,1H3,(H3,15,17,18). The Balaban J connectivity index is 1.91. The van der Waals surface area contributed by atoms with Gasteiger partial charge in [0.25, 0.3) is 0 Å². The Kier molecular flexibility index (Phi) is 4.54. The van der Waals surface area contributed by atoms with Crippen molar-refractivity contribution in [3.63, 3.8) is 0 Å². The van der Waals surface area contributed by atoms with Gasteiger partial charge in [0.15, 0.2) is 0 Å². The lowest BCUT2D eigenvalue weighted by Gasteiger charge is -2.14. The second-order valence-corrected chi connectivity index (χ2v) is 5.33. The zero-order chi connectivity index (χ0) is 13.7. The average Bonchev–Trinajstić information content (AvgIpc) is 2.89. The molecule has 4 N–H and O–H groups in total. The van der Waals surface area contributed by atoms with Gasteiger partial charge in [-0.15, -0.1) is 11.3 Å². The van der Waals surface area contributed by atoms with Crippen molar-refractivity contribution in [1.82, 2.24) is 5.32 Å². The lowest BCUT2D eigenvalue weighted by atomic mass is 10.1. The lowest BCUT2D eigenvalue weighted by Crippen LogP contribution is -2.19. The van der Waals surface area contributed by atoms with Gasteiger partial charge in [-0.05, 0) is 36.1 Å². The Morgan fingerprint density at radius 2 is 2.05 bits per heavy atom. The number of nitrogens with one attached hydrogen (secondary N) is 2. The van der Waals surface area contributed by atoms with Crippen LogP contribution >= 0.6 is 11.3 Å². The third-order valence-corrected chi connectivity index (χ3v) is 3.72. The Labute approximate surface area is 116 Å². The van der Waals surface area contributed by atoms with E-state index in [0.29, 0.717) is 5.69 Å². The summed E-state index contributed by atoms with van der Waals surface area (Å²) in [6.45, 7) is 2.98. The fraction of sp³-hybridized carbons (Fsp3) is 0.214. The monoisotopic (exact) mass is 275 g/mol. The van der Waals surface area contributed by atoms with Gasteiger partial charge in [-0.25, -0.2) is 4.79 Å². The summed E-state index contributed by atoms with van der Waals surface area (Å²) in [4.78, 5) is 12.0. The van der Waals surface area contributed by atoms with Gasteiger partial charge in [0, 0.05) is 23.2 Å². The minimum atomic E-state index is -0.545. The molecule has 0 aliphatic carbocycles. The number of anilines is 1. The van der Waals surface area contributed by atoms with Crippen molar-refractivity contribution in [2.45, 2.75) is 19.5 Å². The summed E-state index contributed by atoms with van der Waals surface area (Å²) in [5.41, 5.74) is 6.95.